The molecule has 6 nitrogen and oxygen atoms in total. The van der Waals surface area contributed by atoms with E-state index < -0.39 is 11.6 Å². The van der Waals surface area contributed by atoms with Crippen LogP contribution in [0.25, 0.3) is 0 Å². The molecule has 25 heavy (non-hydrogen) atoms. The molecule has 2 rings (SSSR count). The Morgan fingerprint density at radius 3 is 2.32 bits per heavy atom. The van der Waals surface area contributed by atoms with E-state index in [4.69, 9.17) is 0 Å². The Hall–Kier alpha value is -1.59. The molecule has 1 heterocycles. The molecule has 0 bridgehead atoms. The highest BCUT2D eigenvalue weighted by molar-refractivity contribution is 6.08. The van der Waals surface area contributed by atoms with E-state index in [1.165, 1.54) is 6.42 Å². The van der Waals surface area contributed by atoms with Crippen molar-refractivity contribution in [3.63, 3.8) is 0 Å². The number of carbonyl (C=O) groups excluding carboxylic acids is 3. The van der Waals surface area contributed by atoms with Crippen molar-refractivity contribution in [2.45, 2.75) is 90.8 Å². The van der Waals surface area contributed by atoms with E-state index in [1.807, 2.05) is 32.6 Å². The number of rotatable bonds is 6. The van der Waals surface area contributed by atoms with Gasteiger partial charge in [0.25, 0.3) is 5.91 Å². The number of nitrogens with one attached hydrogen (secondary N) is 1. The highest BCUT2D eigenvalue weighted by atomic mass is 16.2. The Kier molecular flexibility index (Phi) is 6.12. The minimum absolute atomic E-state index is 0.0680. The van der Waals surface area contributed by atoms with Gasteiger partial charge < -0.3 is 10.2 Å². The lowest BCUT2D eigenvalue weighted by atomic mass is 9.91. The van der Waals surface area contributed by atoms with Crippen LogP contribution in [0.1, 0.15) is 73.1 Å². The summed E-state index contributed by atoms with van der Waals surface area (Å²) < 4.78 is 0. The van der Waals surface area contributed by atoms with Gasteiger partial charge in [0.2, 0.25) is 5.91 Å². The number of amides is 4. The van der Waals surface area contributed by atoms with Crippen LogP contribution in [0.2, 0.25) is 0 Å². The van der Waals surface area contributed by atoms with E-state index >= 15 is 0 Å². The van der Waals surface area contributed by atoms with Crippen molar-refractivity contribution < 1.29 is 14.4 Å². The molecule has 0 spiro atoms. The summed E-state index contributed by atoms with van der Waals surface area (Å²) in [4.78, 5) is 41.0. The number of nitrogens with zero attached hydrogens (tertiary/aromatic N) is 2. The topological polar surface area (TPSA) is 69.7 Å². The second kappa shape index (κ2) is 7.75. The van der Waals surface area contributed by atoms with Crippen molar-refractivity contribution >= 4 is 17.8 Å². The van der Waals surface area contributed by atoms with Gasteiger partial charge in [0, 0.05) is 12.1 Å². The van der Waals surface area contributed by atoms with Crippen molar-refractivity contribution in [3.05, 3.63) is 0 Å². The van der Waals surface area contributed by atoms with E-state index in [0.29, 0.717) is 6.42 Å². The van der Waals surface area contributed by atoms with E-state index in [-0.39, 0.29) is 36.4 Å². The van der Waals surface area contributed by atoms with Crippen molar-refractivity contribution in [1.29, 1.82) is 0 Å². The first-order valence-corrected chi connectivity index (χ1v) is 9.61. The fourth-order valence-electron chi connectivity index (χ4n) is 4.33. The third kappa shape index (κ3) is 4.33. The molecule has 0 aromatic rings. The van der Waals surface area contributed by atoms with Gasteiger partial charge in [0.05, 0.1) is 0 Å². The Bertz CT molecular complexity index is 526. The first-order chi connectivity index (χ1) is 11.7. The molecule has 1 saturated heterocycles. The molecule has 1 unspecified atom stereocenters. The van der Waals surface area contributed by atoms with E-state index in [9.17, 15) is 14.4 Å². The maximum Gasteiger partial charge on any atom is 0.325 e. The lowest BCUT2D eigenvalue weighted by Gasteiger charge is -2.38. The number of urea groups is 1. The minimum Gasteiger partial charge on any atom is -0.336 e. The highest BCUT2D eigenvalue weighted by Gasteiger charge is 2.48. The van der Waals surface area contributed by atoms with Crippen molar-refractivity contribution in [3.8, 4) is 0 Å². The van der Waals surface area contributed by atoms with Crippen molar-refractivity contribution in [1.82, 2.24) is 15.1 Å². The number of hydrogen-bond donors (Lipinski definition) is 1. The van der Waals surface area contributed by atoms with Crippen molar-refractivity contribution in [2.24, 2.45) is 5.92 Å². The summed E-state index contributed by atoms with van der Waals surface area (Å²) in [6.07, 6.45) is 6.08. The van der Waals surface area contributed by atoms with Gasteiger partial charge >= 0.3 is 6.03 Å². The van der Waals surface area contributed by atoms with Crippen LogP contribution in [0.3, 0.4) is 0 Å². The third-order valence-electron chi connectivity index (χ3n) is 5.27. The van der Waals surface area contributed by atoms with Gasteiger partial charge in [-0.3, -0.25) is 14.5 Å². The van der Waals surface area contributed by atoms with Gasteiger partial charge in [-0.2, -0.15) is 0 Å². The molecule has 6 heteroatoms. The lowest BCUT2D eigenvalue weighted by molar-refractivity contribution is -0.142. The van der Waals surface area contributed by atoms with Gasteiger partial charge in [0.1, 0.15) is 12.1 Å². The first-order valence-electron chi connectivity index (χ1n) is 9.61. The van der Waals surface area contributed by atoms with E-state index in [1.54, 1.807) is 6.92 Å². The Morgan fingerprint density at radius 1 is 1.20 bits per heavy atom. The summed E-state index contributed by atoms with van der Waals surface area (Å²) in [5.41, 5.74) is -0.904. The third-order valence-corrected chi connectivity index (χ3v) is 5.27. The second-order valence-electron chi connectivity index (χ2n) is 8.44. The zero-order valence-corrected chi connectivity index (χ0v) is 16.3. The van der Waals surface area contributed by atoms with Gasteiger partial charge in [-0.1, -0.05) is 33.1 Å². The van der Waals surface area contributed by atoms with Crippen LogP contribution in [0.4, 0.5) is 4.79 Å². The lowest BCUT2D eigenvalue weighted by Crippen LogP contribution is -2.51. The molecule has 2 aliphatic rings. The summed E-state index contributed by atoms with van der Waals surface area (Å²) in [6.45, 7) is 9.62. The second-order valence-corrected chi connectivity index (χ2v) is 8.44. The molecule has 0 radical (unpaired) electrons. The summed E-state index contributed by atoms with van der Waals surface area (Å²) in [5.74, 6) is -0.134. The van der Waals surface area contributed by atoms with E-state index in [0.717, 1.165) is 30.6 Å². The summed E-state index contributed by atoms with van der Waals surface area (Å²) in [7, 11) is 0. The smallest absolute Gasteiger partial charge is 0.325 e. The summed E-state index contributed by atoms with van der Waals surface area (Å²) >= 11 is 0. The summed E-state index contributed by atoms with van der Waals surface area (Å²) in [5, 5.41) is 2.78. The van der Waals surface area contributed by atoms with Crippen LogP contribution in [0.15, 0.2) is 0 Å². The predicted molar refractivity (Wildman–Crippen MR) is 97.0 cm³/mol. The first kappa shape index (κ1) is 19.7. The zero-order chi connectivity index (χ0) is 18.8. The fraction of sp³-hybridized carbons (Fsp3) is 0.842. The monoisotopic (exact) mass is 351 g/mol. The summed E-state index contributed by atoms with van der Waals surface area (Å²) in [6, 6.07) is -0.156. The van der Waals surface area contributed by atoms with Crippen LogP contribution in [0.5, 0.6) is 0 Å². The van der Waals surface area contributed by atoms with Gasteiger partial charge in [-0.25, -0.2) is 4.79 Å². The molecule has 2 fully saturated rings. The molecule has 0 aromatic carbocycles. The molecular formula is C19H33N3O3. The van der Waals surface area contributed by atoms with Crippen LogP contribution in [0, 0.1) is 5.92 Å². The molecule has 1 aliphatic heterocycles. The number of carbonyl (C=O) groups is 3. The number of hydrogen-bond acceptors (Lipinski definition) is 3. The Labute approximate surface area is 151 Å². The molecule has 1 atom stereocenters. The molecule has 1 aliphatic carbocycles. The quantitative estimate of drug-likeness (QED) is 0.748. The van der Waals surface area contributed by atoms with Crippen LogP contribution < -0.4 is 5.32 Å². The van der Waals surface area contributed by atoms with Crippen LogP contribution in [-0.2, 0) is 9.59 Å². The largest absolute Gasteiger partial charge is 0.336 e. The molecule has 4 amide bonds. The van der Waals surface area contributed by atoms with Gasteiger partial charge in [-0.15, -0.1) is 0 Å². The van der Waals surface area contributed by atoms with Crippen LogP contribution in [-0.4, -0.2) is 51.8 Å². The zero-order valence-electron chi connectivity index (χ0n) is 16.3. The van der Waals surface area contributed by atoms with Crippen molar-refractivity contribution in [2.75, 3.05) is 6.54 Å². The maximum atomic E-state index is 12.9. The predicted octanol–water partition coefficient (Wildman–Crippen LogP) is 2.91. The average molecular weight is 351 g/mol. The Morgan fingerprint density at radius 2 is 1.80 bits per heavy atom. The fourth-order valence-corrected chi connectivity index (χ4v) is 4.33. The Balaban J connectivity index is 2.09. The van der Waals surface area contributed by atoms with E-state index in [2.05, 4.69) is 5.32 Å². The SMILES string of the molecule is CC(C)CC1(C)NC(=O)N(CC(=O)N(C(C)C)C2CCCCC2)C1=O. The van der Waals surface area contributed by atoms with Gasteiger partial charge in [0.15, 0.2) is 0 Å². The number of imide groups is 1. The molecular weight excluding hydrogens is 318 g/mol. The van der Waals surface area contributed by atoms with Crippen LogP contribution >= 0.6 is 0 Å². The van der Waals surface area contributed by atoms with Gasteiger partial charge in [-0.05, 0) is 46.0 Å². The standard InChI is InChI=1S/C19H33N3O3/c1-13(2)11-19(5)17(24)21(18(25)20-19)12-16(23)22(14(3)4)15-9-7-6-8-10-15/h13-15H,6-12H2,1-5H3,(H,20,25). The molecule has 142 valence electrons. The minimum atomic E-state index is -0.904. The molecule has 0 aromatic heterocycles. The normalized spacial score (nSPS) is 25.0. The highest BCUT2D eigenvalue weighted by Crippen LogP contribution is 2.27. The average Bonchev–Trinajstić information content (AvgIpc) is 2.70. The molecule has 1 N–H and O–H groups in total. The molecule has 1 saturated carbocycles. The maximum absolute atomic E-state index is 12.9.